The summed E-state index contributed by atoms with van der Waals surface area (Å²) in [5, 5.41) is 60.8. The number of carbonyl (C=O) groups is 2. The lowest BCUT2D eigenvalue weighted by molar-refractivity contribution is -0.671. The molecule has 16 heteroatoms. The number of hydrogen-bond donors (Lipinski definition) is 6. The summed E-state index contributed by atoms with van der Waals surface area (Å²) in [6.07, 6.45) is 32.2. The summed E-state index contributed by atoms with van der Waals surface area (Å²) >= 11 is 0. The number of pyridine rings is 8. The molecule has 526 valence electrons. The van der Waals surface area contributed by atoms with Crippen LogP contribution in [0.5, 0.6) is 23.0 Å². The van der Waals surface area contributed by atoms with E-state index >= 15 is 0 Å². The zero-order valence-electron chi connectivity index (χ0n) is 59.1. The molecule has 0 radical (unpaired) electrons. The van der Waals surface area contributed by atoms with Gasteiger partial charge in [-0.3, -0.25) is 0 Å². The van der Waals surface area contributed by atoms with Gasteiger partial charge in [-0.15, -0.1) is 0 Å². The van der Waals surface area contributed by atoms with E-state index < -0.39 is 11.9 Å². The Morgan fingerprint density at radius 1 is 0.220 bits per heavy atom. The van der Waals surface area contributed by atoms with Crippen molar-refractivity contribution in [3.05, 3.63) is 408 Å². The molecule has 0 fully saturated rings. The van der Waals surface area contributed by atoms with Crippen molar-refractivity contribution in [2.45, 2.75) is 0 Å². The number of phenols is 4. The summed E-state index contributed by atoms with van der Waals surface area (Å²) in [6.45, 7) is 0. The highest BCUT2D eigenvalue weighted by Gasteiger charge is 2.19. The van der Waals surface area contributed by atoms with Crippen molar-refractivity contribution < 1.29 is 76.8 Å². The number of aromatic nitrogens is 8. The smallest absolute Gasteiger partial charge is 0.335 e. The van der Waals surface area contributed by atoms with Gasteiger partial charge in [0.25, 0.3) is 0 Å². The second kappa shape index (κ2) is 32.7. The SMILES string of the molecule is C[n+]1ccc(-c2cc[n+](-c3ccccc3)cc2)cc1.O=C(O)c1ccc(-[n+]2ccc(-c3cc[n+](-c4ccc(C(=O)O)cc4)cc3)cc2)cc1.Oc1ccc(-[n+]2ccc(-c3cc[n+](-c4ccc(O)cc4)cc3)cc2)cc1.Oc1cccc2c(-[n+]3ccc(-c4cc[n+](-c5cccc6c(O)cccc56)cc4)cc3)cccc12. The van der Waals surface area contributed by atoms with Crippen LogP contribution >= 0.6 is 0 Å². The van der Waals surface area contributed by atoms with Crippen molar-refractivity contribution in [2.24, 2.45) is 7.05 Å². The van der Waals surface area contributed by atoms with Crippen molar-refractivity contribution in [3.8, 4) is 107 Å². The van der Waals surface area contributed by atoms with E-state index in [-0.39, 0.29) is 34.1 Å². The van der Waals surface area contributed by atoms with Crippen LogP contribution in [0, 0.1) is 0 Å². The molecule has 0 amide bonds. The molecule has 0 spiro atoms. The van der Waals surface area contributed by atoms with Crippen molar-refractivity contribution in [3.63, 3.8) is 0 Å². The van der Waals surface area contributed by atoms with Gasteiger partial charge in [0.15, 0.2) is 99.1 Å². The number of benzene rings is 9. The summed E-state index contributed by atoms with van der Waals surface area (Å²) in [5.74, 6) is -0.789. The molecule has 17 rings (SSSR count). The van der Waals surface area contributed by atoms with Crippen LogP contribution < -0.4 is 36.5 Å². The van der Waals surface area contributed by atoms with E-state index in [1.807, 2.05) is 220 Å². The van der Waals surface area contributed by atoms with Crippen molar-refractivity contribution in [1.29, 1.82) is 0 Å². The molecule has 0 unspecified atom stereocenters. The number of para-hydroxylation sites is 1. The van der Waals surface area contributed by atoms with Gasteiger partial charge in [-0.05, 0) is 117 Å². The van der Waals surface area contributed by atoms with Gasteiger partial charge in [0, 0.05) is 181 Å². The first-order chi connectivity index (χ1) is 53.2. The van der Waals surface area contributed by atoms with Crippen LogP contribution in [0.15, 0.2) is 396 Å². The van der Waals surface area contributed by atoms with E-state index in [1.165, 1.54) is 16.8 Å². The van der Waals surface area contributed by atoms with Gasteiger partial charge in [-0.1, -0.05) is 54.6 Å². The minimum Gasteiger partial charge on any atom is -0.508 e. The van der Waals surface area contributed by atoms with Gasteiger partial charge in [0.2, 0.25) is 39.8 Å². The number of aromatic carboxylic acids is 2. The molecule has 0 aliphatic heterocycles. The molecular formula is C93H74N8O8+8. The zero-order chi connectivity index (χ0) is 75.2. The molecule has 0 saturated heterocycles. The van der Waals surface area contributed by atoms with E-state index in [1.54, 1.807) is 84.9 Å². The Bertz CT molecular complexity index is 5680. The lowest BCUT2D eigenvalue weighted by Crippen LogP contribution is -2.30. The predicted molar refractivity (Wildman–Crippen MR) is 415 cm³/mol. The first-order valence-electron chi connectivity index (χ1n) is 35.0. The number of rotatable bonds is 13. The van der Waals surface area contributed by atoms with Gasteiger partial charge < -0.3 is 30.6 Å². The summed E-state index contributed by atoms with van der Waals surface area (Å²) in [4.78, 5) is 21.9. The van der Waals surface area contributed by atoms with Gasteiger partial charge in [-0.25, -0.2) is 14.2 Å². The van der Waals surface area contributed by atoms with Crippen LogP contribution in [0.25, 0.3) is 106 Å². The van der Waals surface area contributed by atoms with Crippen LogP contribution in [0.2, 0.25) is 0 Å². The topological polar surface area (TPSA) is 187 Å². The summed E-state index contributed by atoms with van der Waals surface area (Å²) in [7, 11) is 2.03. The average molecular weight is 1430 g/mol. The molecule has 0 saturated carbocycles. The lowest BCUT2D eigenvalue weighted by atomic mass is 10.1. The Labute approximate surface area is 628 Å². The third kappa shape index (κ3) is 16.9. The maximum Gasteiger partial charge on any atom is 0.335 e. The van der Waals surface area contributed by atoms with Crippen LogP contribution in [-0.2, 0) is 7.05 Å². The maximum absolute atomic E-state index is 11.0. The minimum atomic E-state index is -0.943. The molecule has 109 heavy (non-hydrogen) atoms. The molecule has 6 N–H and O–H groups in total. The predicted octanol–water partition coefficient (Wildman–Crippen LogP) is 14.7. The fourth-order valence-corrected chi connectivity index (χ4v) is 12.6. The number of hydrogen-bond acceptors (Lipinski definition) is 6. The van der Waals surface area contributed by atoms with E-state index in [0.29, 0.717) is 0 Å². The average Bonchev–Trinajstić information content (AvgIpc) is 0.790. The lowest BCUT2D eigenvalue weighted by Gasteiger charge is -2.05. The standard InChI is InChI=1S/C30H20N2O2.C24H16N2O4.C22H16N2O2.C17H16N2/c33-29-11-3-5-23-25(29)7-1-9-27(23)31-17-13-21(14-18-31)22-15-19-32(20-16-22)28-10-2-8-26-24(28)6-4-12-30(26)34;27-23(28)19-1-5-21(6-2-19)25-13-9-17(10-14-25)18-11-15-26(16-12-18)22-7-3-20(4-8-22)24(29)30;25-21-5-1-19(2-6-21)23-13-9-17(10-14-23)18-11-15-24(16-12-18)20-3-7-22(26)8-4-20;1-18-11-7-15(8-12-18)16-9-13-19(14-10-16)17-5-3-2-4-6-17/h1-20H;1-16H;1-16H;2-14H,1H3/q;;;+2/p+6. The minimum absolute atomic E-state index is 0.256. The van der Waals surface area contributed by atoms with E-state index in [2.05, 4.69) is 136 Å². The molecule has 0 aliphatic carbocycles. The van der Waals surface area contributed by atoms with Crippen molar-refractivity contribution >= 4 is 33.5 Å². The molecule has 0 atom stereocenters. The Morgan fingerprint density at radius 2 is 0.450 bits per heavy atom. The number of phenolic OH excluding ortho intramolecular Hbond substituents is 4. The first kappa shape index (κ1) is 70.9. The Kier molecular flexibility index (Phi) is 21.2. The van der Waals surface area contributed by atoms with Crippen LogP contribution in [0.3, 0.4) is 0 Å². The van der Waals surface area contributed by atoms with E-state index in [9.17, 15) is 30.0 Å². The summed E-state index contributed by atoms with van der Waals surface area (Å²) < 4.78 is 16.1. The molecular weight excluding hydrogens is 1360 g/mol. The Balaban J connectivity index is 0.000000124. The first-order valence-corrected chi connectivity index (χ1v) is 35.0. The number of aromatic hydroxyl groups is 4. The zero-order valence-corrected chi connectivity index (χ0v) is 59.1. The Hall–Kier alpha value is -15.2. The molecule has 8 aromatic heterocycles. The quantitative estimate of drug-likeness (QED) is 0.0616. The molecule has 8 heterocycles. The highest BCUT2D eigenvalue weighted by atomic mass is 16.4. The molecule has 0 bridgehead atoms. The third-order valence-corrected chi connectivity index (χ3v) is 18.6. The number of nitrogens with zero attached hydrogens (tertiary/aromatic N) is 8. The highest BCUT2D eigenvalue weighted by Crippen LogP contribution is 2.30. The van der Waals surface area contributed by atoms with E-state index in [0.717, 1.165) is 89.0 Å². The second-order valence-electron chi connectivity index (χ2n) is 25.6. The number of fused-ring (bicyclic) bond motifs is 2. The number of carboxylic acid groups (broad SMARTS) is 2. The second-order valence-corrected chi connectivity index (χ2v) is 25.6. The van der Waals surface area contributed by atoms with Gasteiger partial charge in [0.05, 0.1) is 21.9 Å². The number of aryl methyl sites for hydroxylation is 1. The van der Waals surface area contributed by atoms with Crippen LogP contribution in [0.4, 0.5) is 0 Å². The number of carboxylic acids is 2. The van der Waals surface area contributed by atoms with Gasteiger partial charge in [-0.2, -0.15) is 32.0 Å². The fourth-order valence-electron chi connectivity index (χ4n) is 12.6. The van der Waals surface area contributed by atoms with Gasteiger partial charge >= 0.3 is 11.9 Å². The summed E-state index contributed by atoms with van der Waals surface area (Å²) in [5.41, 5.74) is 16.5. The van der Waals surface area contributed by atoms with Crippen LogP contribution in [0.1, 0.15) is 20.7 Å². The third-order valence-electron chi connectivity index (χ3n) is 18.6. The van der Waals surface area contributed by atoms with Crippen LogP contribution in [-0.4, -0.2) is 42.6 Å². The molecule has 17 aromatic rings. The van der Waals surface area contributed by atoms with Gasteiger partial charge in [0.1, 0.15) is 30.0 Å². The Morgan fingerprint density at radius 3 is 0.725 bits per heavy atom. The van der Waals surface area contributed by atoms with Crippen molar-refractivity contribution in [1.82, 2.24) is 0 Å². The van der Waals surface area contributed by atoms with E-state index in [4.69, 9.17) is 10.2 Å². The largest absolute Gasteiger partial charge is 0.508 e. The van der Waals surface area contributed by atoms with Crippen molar-refractivity contribution in [2.75, 3.05) is 0 Å². The maximum atomic E-state index is 11.0. The normalized spacial score (nSPS) is 10.7. The molecule has 0 aliphatic rings. The summed E-state index contributed by atoms with van der Waals surface area (Å²) in [6, 6.07) is 94.1. The monoisotopic (exact) mass is 1430 g/mol. The molecule has 16 nitrogen and oxygen atoms in total. The molecule has 9 aromatic carbocycles. The fraction of sp³-hybridized carbons (Fsp3) is 0.0108. The highest BCUT2D eigenvalue weighted by molar-refractivity contribution is 5.94.